The Labute approximate surface area is 159 Å². The van der Waals surface area contributed by atoms with Crippen molar-refractivity contribution in [3.63, 3.8) is 0 Å². The van der Waals surface area contributed by atoms with Gasteiger partial charge in [-0.15, -0.1) is 0 Å². The average Bonchev–Trinajstić information content (AvgIpc) is 3.00. The van der Waals surface area contributed by atoms with Crippen LogP contribution in [0.15, 0.2) is 53.5 Å². The first-order chi connectivity index (χ1) is 12.6. The van der Waals surface area contributed by atoms with Crippen molar-refractivity contribution >= 4 is 27.5 Å². The number of hydrogen-bond acceptors (Lipinski definition) is 2. The first kappa shape index (κ1) is 18.6. The second kappa shape index (κ2) is 8.45. The van der Waals surface area contributed by atoms with Crippen LogP contribution >= 0.6 is 11.3 Å². The highest BCUT2D eigenvalue weighted by Crippen LogP contribution is 2.23. The van der Waals surface area contributed by atoms with E-state index in [1.54, 1.807) is 11.3 Å². The zero-order chi connectivity index (χ0) is 18.5. The lowest BCUT2D eigenvalue weighted by Gasteiger charge is -2.14. The molecule has 3 nitrogen and oxygen atoms in total. The van der Waals surface area contributed by atoms with Crippen LogP contribution in [0.3, 0.4) is 0 Å². The van der Waals surface area contributed by atoms with Crippen molar-refractivity contribution in [1.82, 2.24) is 4.57 Å². The smallest absolute Gasteiger partial charge is 0.279 e. The number of hydrogen-bond donors (Lipinski definition) is 0. The number of nitrogens with zero attached hydrogens (tertiary/aromatic N) is 2. The van der Waals surface area contributed by atoms with Gasteiger partial charge in [-0.25, -0.2) is 0 Å². The molecule has 1 unspecified atom stereocenters. The molecule has 0 aliphatic carbocycles. The van der Waals surface area contributed by atoms with E-state index in [9.17, 15) is 4.79 Å². The monoisotopic (exact) mass is 366 g/mol. The first-order valence-electron chi connectivity index (χ1n) is 9.36. The zero-order valence-corrected chi connectivity index (χ0v) is 16.6. The number of para-hydroxylation sites is 1. The van der Waals surface area contributed by atoms with Gasteiger partial charge in [-0.1, -0.05) is 67.4 Å². The average molecular weight is 367 g/mol. The van der Waals surface area contributed by atoms with Gasteiger partial charge >= 0.3 is 0 Å². The van der Waals surface area contributed by atoms with Crippen LogP contribution in [-0.4, -0.2) is 10.5 Å². The highest BCUT2D eigenvalue weighted by Gasteiger charge is 2.13. The number of fused-ring (bicyclic) bond motifs is 1. The fourth-order valence-electron chi connectivity index (χ4n) is 3.16. The molecule has 0 N–H and O–H groups in total. The number of aromatic nitrogens is 1. The summed E-state index contributed by atoms with van der Waals surface area (Å²) >= 11 is 1.59. The van der Waals surface area contributed by atoms with E-state index in [1.165, 1.54) is 24.0 Å². The van der Waals surface area contributed by atoms with Gasteiger partial charge in [0.1, 0.15) is 0 Å². The van der Waals surface area contributed by atoms with Gasteiger partial charge in [0.15, 0.2) is 4.80 Å². The lowest BCUT2D eigenvalue weighted by molar-refractivity contribution is 0.0997. The molecule has 26 heavy (non-hydrogen) atoms. The van der Waals surface area contributed by atoms with Crippen LogP contribution in [0.5, 0.6) is 0 Å². The van der Waals surface area contributed by atoms with Crippen LogP contribution in [0.25, 0.3) is 10.2 Å². The van der Waals surface area contributed by atoms with Crippen LogP contribution in [0.4, 0.5) is 0 Å². The van der Waals surface area contributed by atoms with Gasteiger partial charge in [0.25, 0.3) is 5.91 Å². The molecule has 0 saturated heterocycles. The molecule has 0 spiro atoms. The molecular formula is C22H26N2OS. The number of amides is 1. The third-order valence-corrected chi connectivity index (χ3v) is 5.73. The van der Waals surface area contributed by atoms with Gasteiger partial charge in [0, 0.05) is 11.6 Å². The summed E-state index contributed by atoms with van der Waals surface area (Å²) in [5, 5.41) is 0. The molecular weight excluding hydrogens is 340 g/mol. The second-order valence-electron chi connectivity index (χ2n) is 6.85. The van der Waals surface area contributed by atoms with Gasteiger partial charge in [0.05, 0.1) is 10.2 Å². The van der Waals surface area contributed by atoms with E-state index in [-0.39, 0.29) is 5.91 Å². The summed E-state index contributed by atoms with van der Waals surface area (Å²) in [5.41, 5.74) is 2.94. The number of carbonyl (C=O) groups is 1. The molecule has 1 heterocycles. The van der Waals surface area contributed by atoms with E-state index in [4.69, 9.17) is 0 Å². The number of aryl methyl sites for hydroxylation is 1. The summed E-state index contributed by atoms with van der Waals surface area (Å²) in [6.07, 6.45) is 4.74. The van der Waals surface area contributed by atoms with Gasteiger partial charge in [-0.2, -0.15) is 4.99 Å². The third-order valence-electron chi connectivity index (χ3n) is 4.69. The standard InChI is InChI=1S/C22H26N2OS/c1-4-5-6-9-17(3)24-19-10-7-8-11-20(19)26-22(24)23-21(25)18-14-12-16(2)13-15-18/h7-8,10-15,17H,4-6,9H2,1-3H3. The Morgan fingerprint density at radius 1 is 1.12 bits per heavy atom. The highest BCUT2D eigenvalue weighted by atomic mass is 32.1. The predicted octanol–water partition coefficient (Wildman–Crippen LogP) is 5.89. The molecule has 0 aliphatic rings. The van der Waals surface area contributed by atoms with Crippen molar-refractivity contribution < 1.29 is 4.79 Å². The van der Waals surface area contributed by atoms with Gasteiger partial charge < -0.3 is 4.57 Å². The topological polar surface area (TPSA) is 34.4 Å². The van der Waals surface area contributed by atoms with Crippen molar-refractivity contribution in [1.29, 1.82) is 0 Å². The number of rotatable bonds is 6. The largest absolute Gasteiger partial charge is 0.314 e. The van der Waals surface area contributed by atoms with Crippen molar-refractivity contribution in [3.05, 3.63) is 64.5 Å². The molecule has 0 radical (unpaired) electrons. The minimum Gasteiger partial charge on any atom is -0.314 e. The van der Waals surface area contributed by atoms with E-state index in [1.807, 2.05) is 37.3 Å². The normalized spacial score (nSPS) is 13.3. The van der Waals surface area contributed by atoms with Gasteiger partial charge in [-0.3, -0.25) is 4.79 Å². The Hall–Kier alpha value is -2.20. The molecule has 1 aromatic heterocycles. The summed E-state index contributed by atoms with van der Waals surface area (Å²) in [6, 6.07) is 16.2. The molecule has 3 rings (SSSR count). The van der Waals surface area contributed by atoms with E-state index < -0.39 is 0 Å². The SMILES string of the molecule is CCCCCC(C)n1c(=NC(=O)c2ccc(C)cc2)sc2ccccc21. The molecule has 0 saturated carbocycles. The summed E-state index contributed by atoms with van der Waals surface area (Å²) in [7, 11) is 0. The molecule has 0 aliphatic heterocycles. The van der Waals surface area contributed by atoms with E-state index in [0.717, 1.165) is 22.3 Å². The van der Waals surface area contributed by atoms with Crippen LogP contribution in [0.2, 0.25) is 0 Å². The number of carbonyl (C=O) groups excluding carboxylic acids is 1. The molecule has 4 heteroatoms. The van der Waals surface area contributed by atoms with Crippen LogP contribution in [0.1, 0.15) is 61.5 Å². The summed E-state index contributed by atoms with van der Waals surface area (Å²) in [6.45, 7) is 6.46. The van der Waals surface area contributed by atoms with Crippen LogP contribution in [-0.2, 0) is 0 Å². The number of unbranched alkanes of at least 4 members (excludes halogenated alkanes) is 2. The Balaban J connectivity index is 2.02. The summed E-state index contributed by atoms with van der Waals surface area (Å²) in [4.78, 5) is 17.9. The van der Waals surface area contributed by atoms with Crippen molar-refractivity contribution in [3.8, 4) is 0 Å². The lowest BCUT2D eigenvalue weighted by atomic mass is 10.1. The minimum absolute atomic E-state index is 0.175. The number of benzene rings is 2. The molecule has 1 atom stereocenters. The molecule has 3 aromatic rings. The van der Waals surface area contributed by atoms with Crippen molar-refractivity contribution in [2.24, 2.45) is 4.99 Å². The van der Waals surface area contributed by atoms with E-state index in [2.05, 4.69) is 41.6 Å². The molecule has 136 valence electrons. The fourth-order valence-corrected chi connectivity index (χ4v) is 4.28. The van der Waals surface area contributed by atoms with Gasteiger partial charge in [-0.05, 0) is 44.5 Å². The maximum absolute atomic E-state index is 12.7. The Morgan fingerprint density at radius 3 is 2.58 bits per heavy atom. The van der Waals surface area contributed by atoms with Crippen molar-refractivity contribution in [2.75, 3.05) is 0 Å². The minimum atomic E-state index is -0.175. The molecule has 0 fully saturated rings. The van der Waals surface area contributed by atoms with Crippen LogP contribution in [0, 0.1) is 6.92 Å². The third kappa shape index (κ3) is 4.13. The Kier molecular flexibility index (Phi) is 6.04. The Morgan fingerprint density at radius 2 is 1.85 bits per heavy atom. The fraction of sp³-hybridized carbons (Fsp3) is 0.364. The van der Waals surface area contributed by atoms with Gasteiger partial charge in [0.2, 0.25) is 0 Å². The van der Waals surface area contributed by atoms with Crippen molar-refractivity contribution in [2.45, 2.75) is 52.5 Å². The summed E-state index contributed by atoms with van der Waals surface area (Å²) < 4.78 is 3.41. The van der Waals surface area contributed by atoms with E-state index >= 15 is 0 Å². The second-order valence-corrected chi connectivity index (χ2v) is 7.86. The lowest BCUT2D eigenvalue weighted by Crippen LogP contribution is -2.20. The van der Waals surface area contributed by atoms with Crippen LogP contribution < -0.4 is 4.80 Å². The molecule has 0 bridgehead atoms. The predicted molar refractivity (Wildman–Crippen MR) is 110 cm³/mol. The maximum atomic E-state index is 12.7. The first-order valence-corrected chi connectivity index (χ1v) is 10.2. The highest BCUT2D eigenvalue weighted by molar-refractivity contribution is 7.16. The summed E-state index contributed by atoms with van der Waals surface area (Å²) in [5.74, 6) is -0.175. The van der Waals surface area contributed by atoms with E-state index in [0.29, 0.717) is 11.6 Å². The quantitative estimate of drug-likeness (QED) is 0.501. The number of thiazole rings is 1. The Bertz CT molecular complexity index is 950. The maximum Gasteiger partial charge on any atom is 0.279 e. The zero-order valence-electron chi connectivity index (χ0n) is 15.7. The molecule has 2 aromatic carbocycles. The molecule has 1 amide bonds.